The molecular formula is C13H15N3O3S2. The number of sulfonamides is 1. The highest BCUT2D eigenvalue weighted by molar-refractivity contribution is 7.98. The molecule has 0 amide bonds. The minimum absolute atomic E-state index is 0.303. The van der Waals surface area contributed by atoms with Gasteiger partial charge < -0.3 is 4.42 Å². The molecule has 1 aliphatic rings. The van der Waals surface area contributed by atoms with Gasteiger partial charge in [0.2, 0.25) is 15.9 Å². The van der Waals surface area contributed by atoms with Crippen LogP contribution in [0.2, 0.25) is 0 Å². The number of hydrogen-bond acceptors (Lipinski definition) is 6. The highest BCUT2D eigenvalue weighted by Gasteiger charge is 2.27. The lowest BCUT2D eigenvalue weighted by molar-refractivity contribution is 0.466. The van der Waals surface area contributed by atoms with Gasteiger partial charge in [-0.2, -0.15) is 4.31 Å². The van der Waals surface area contributed by atoms with Gasteiger partial charge in [0, 0.05) is 18.7 Å². The third-order valence-electron chi connectivity index (χ3n) is 3.39. The number of rotatable bonds is 4. The highest BCUT2D eigenvalue weighted by Crippen LogP contribution is 2.25. The van der Waals surface area contributed by atoms with Gasteiger partial charge >= 0.3 is 0 Å². The molecule has 3 rings (SSSR count). The zero-order valence-electron chi connectivity index (χ0n) is 11.5. The van der Waals surface area contributed by atoms with Crippen LogP contribution in [0.1, 0.15) is 12.8 Å². The van der Waals surface area contributed by atoms with E-state index in [-0.39, 0.29) is 0 Å². The van der Waals surface area contributed by atoms with Crippen molar-refractivity contribution >= 4 is 21.8 Å². The third kappa shape index (κ3) is 2.83. The minimum Gasteiger partial charge on any atom is -0.411 e. The smallest absolute Gasteiger partial charge is 0.276 e. The summed E-state index contributed by atoms with van der Waals surface area (Å²) in [6.45, 7) is 1.20. The molecular weight excluding hydrogens is 310 g/mol. The summed E-state index contributed by atoms with van der Waals surface area (Å²) in [5.74, 6) is 0.393. The SMILES string of the molecule is CSc1nnc(-c2ccc(S(=O)(=O)N3CCCC3)cc2)o1. The molecule has 1 aliphatic heterocycles. The second-order valence-corrected chi connectivity index (χ2v) is 7.41. The van der Waals surface area contributed by atoms with E-state index in [2.05, 4.69) is 10.2 Å². The highest BCUT2D eigenvalue weighted by atomic mass is 32.2. The van der Waals surface area contributed by atoms with Crippen LogP contribution in [0.3, 0.4) is 0 Å². The van der Waals surface area contributed by atoms with E-state index >= 15 is 0 Å². The van der Waals surface area contributed by atoms with Crippen molar-refractivity contribution in [1.82, 2.24) is 14.5 Å². The molecule has 0 aliphatic carbocycles. The Kier molecular flexibility index (Phi) is 4.01. The van der Waals surface area contributed by atoms with E-state index in [4.69, 9.17) is 4.42 Å². The average Bonchev–Trinajstić information content (AvgIpc) is 3.19. The molecule has 2 heterocycles. The van der Waals surface area contributed by atoms with Crippen molar-refractivity contribution in [3.05, 3.63) is 24.3 Å². The number of hydrogen-bond donors (Lipinski definition) is 0. The van der Waals surface area contributed by atoms with Gasteiger partial charge in [-0.15, -0.1) is 10.2 Å². The Morgan fingerprint density at radius 3 is 2.38 bits per heavy atom. The molecule has 8 heteroatoms. The molecule has 1 aromatic carbocycles. The fourth-order valence-corrected chi connectivity index (χ4v) is 4.06. The first-order valence-electron chi connectivity index (χ1n) is 6.59. The van der Waals surface area contributed by atoms with Crippen LogP contribution >= 0.6 is 11.8 Å². The van der Waals surface area contributed by atoms with E-state index in [1.807, 2.05) is 6.26 Å². The van der Waals surface area contributed by atoms with E-state index in [1.54, 1.807) is 24.3 Å². The Morgan fingerprint density at radius 1 is 1.14 bits per heavy atom. The van der Waals surface area contributed by atoms with E-state index in [0.29, 0.717) is 34.7 Å². The predicted molar refractivity (Wildman–Crippen MR) is 79.5 cm³/mol. The molecule has 6 nitrogen and oxygen atoms in total. The molecule has 0 radical (unpaired) electrons. The maximum absolute atomic E-state index is 12.4. The number of nitrogens with zero attached hydrogens (tertiary/aromatic N) is 3. The summed E-state index contributed by atoms with van der Waals surface area (Å²) in [6, 6.07) is 6.57. The van der Waals surface area contributed by atoms with E-state index in [1.165, 1.54) is 16.1 Å². The number of aromatic nitrogens is 2. The topological polar surface area (TPSA) is 76.3 Å². The average molecular weight is 325 g/mol. The van der Waals surface area contributed by atoms with Crippen LogP contribution in [0.5, 0.6) is 0 Å². The van der Waals surface area contributed by atoms with Crippen LogP contribution < -0.4 is 0 Å². The summed E-state index contributed by atoms with van der Waals surface area (Å²) in [5.41, 5.74) is 0.711. The molecule has 21 heavy (non-hydrogen) atoms. The first-order chi connectivity index (χ1) is 10.1. The number of thioether (sulfide) groups is 1. The minimum atomic E-state index is -3.37. The summed E-state index contributed by atoms with van der Waals surface area (Å²) >= 11 is 1.37. The normalized spacial score (nSPS) is 16.4. The first-order valence-corrected chi connectivity index (χ1v) is 9.26. The largest absolute Gasteiger partial charge is 0.411 e. The van der Waals surface area contributed by atoms with Crippen LogP contribution in [0, 0.1) is 0 Å². The van der Waals surface area contributed by atoms with Crippen molar-refractivity contribution in [2.75, 3.05) is 19.3 Å². The standard InChI is InChI=1S/C13H15N3O3S2/c1-20-13-15-14-12(19-13)10-4-6-11(7-5-10)21(17,18)16-8-2-3-9-16/h4-7H,2-3,8-9H2,1H3. The molecule has 1 aromatic heterocycles. The Morgan fingerprint density at radius 2 is 1.81 bits per heavy atom. The van der Waals surface area contributed by atoms with E-state index in [9.17, 15) is 8.42 Å². The van der Waals surface area contributed by atoms with Crippen LogP contribution in [0.4, 0.5) is 0 Å². The Bertz CT molecular complexity index is 719. The van der Waals surface area contributed by atoms with Crippen molar-refractivity contribution in [2.24, 2.45) is 0 Å². The van der Waals surface area contributed by atoms with Gasteiger partial charge in [0.1, 0.15) is 0 Å². The zero-order valence-corrected chi connectivity index (χ0v) is 13.2. The molecule has 1 fully saturated rings. The maximum Gasteiger partial charge on any atom is 0.276 e. The van der Waals surface area contributed by atoms with Crippen molar-refractivity contribution in [1.29, 1.82) is 0 Å². The summed E-state index contributed by atoms with van der Waals surface area (Å²) in [5, 5.41) is 8.28. The Labute approximate surface area is 127 Å². The molecule has 2 aromatic rings. The molecule has 0 spiro atoms. The maximum atomic E-state index is 12.4. The Hall–Kier alpha value is -1.38. The van der Waals surface area contributed by atoms with Gasteiger partial charge in [-0.1, -0.05) is 11.8 Å². The second kappa shape index (κ2) is 5.78. The van der Waals surface area contributed by atoms with Gasteiger partial charge in [0.05, 0.1) is 4.90 Å². The lowest BCUT2D eigenvalue weighted by atomic mass is 10.2. The van der Waals surface area contributed by atoms with Gasteiger partial charge in [0.25, 0.3) is 5.22 Å². The summed E-state index contributed by atoms with van der Waals surface area (Å²) < 4.78 is 31.8. The van der Waals surface area contributed by atoms with E-state index in [0.717, 1.165) is 12.8 Å². The summed E-state index contributed by atoms with van der Waals surface area (Å²) in [7, 11) is -3.37. The van der Waals surface area contributed by atoms with Crippen LogP contribution in [0.25, 0.3) is 11.5 Å². The van der Waals surface area contributed by atoms with Gasteiger partial charge in [0.15, 0.2) is 0 Å². The zero-order chi connectivity index (χ0) is 14.9. The molecule has 1 saturated heterocycles. The van der Waals surface area contributed by atoms with Crippen molar-refractivity contribution in [3.8, 4) is 11.5 Å². The lowest BCUT2D eigenvalue weighted by Crippen LogP contribution is -2.27. The molecule has 0 saturated carbocycles. The van der Waals surface area contributed by atoms with Crippen molar-refractivity contribution < 1.29 is 12.8 Å². The molecule has 112 valence electrons. The fourth-order valence-electron chi connectivity index (χ4n) is 2.26. The predicted octanol–water partition coefficient (Wildman–Crippen LogP) is 2.24. The molecule has 0 bridgehead atoms. The molecule has 0 unspecified atom stereocenters. The van der Waals surface area contributed by atoms with Gasteiger partial charge in [-0.05, 0) is 43.4 Å². The Balaban J connectivity index is 1.86. The van der Waals surface area contributed by atoms with Gasteiger partial charge in [-0.3, -0.25) is 0 Å². The second-order valence-electron chi connectivity index (χ2n) is 4.71. The third-order valence-corrected chi connectivity index (χ3v) is 5.81. The monoisotopic (exact) mass is 325 g/mol. The first kappa shape index (κ1) is 14.6. The number of benzene rings is 1. The summed E-state index contributed by atoms with van der Waals surface area (Å²) in [6.07, 6.45) is 3.70. The van der Waals surface area contributed by atoms with Crippen LogP contribution in [0.15, 0.2) is 38.8 Å². The van der Waals surface area contributed by atoms with Crippen LogP contribution in [-0.2, 0) is 10.0 Å². The van der Waals surface area contributed by atoms with Crippen molar-refractivity contribution in [3.63, 3.8) is 0 Å². The van der Waals surface area contributed by atoms with Crippen LogP contribution in [-0.4, -0.2) is 42.3 Å². The molecule has 0 atom stereocenters. The van der Waals surface area contributed by atoms with Gasteiger partial charge in [-0.25, -0.2) is 8.42 Å². The fraction of sp³-hybridized carbons (Fsp3) is 0.385. The van der Waals surface area contributed by atoms with Crippen molar-refractivity contribution in [2.45, 2.75) is 23.0 Å². The van der Waals surface area contributed by atoms with E-state index < -0.39 is 10.0 Å². The lowest BCUT2D eigenvalue weighted by Gasteiger charge is -2.15. The molecule has 0 N–H and O–H groups in total. The summed E-state index contributed by atoms with van der Waals surface area (Å²) in [4.78, 5) is 0.303. The quantitative estimate of drug-likeness (QED) is 0.803.